The largest absolute Gasteiger partial charge is 0.384 e. The summed E-state index contributed by atoms with van der Waals surface area (Å²) >= 11 is 5.89. The van der Waals surface area contributed by atoms with E-state index in [2.05, 4.69) is 4.90 Å². The van der Waals surface area contributed by atoms with Crippen LogP contribution >= 0.6 is 11.6 Å². The van der Waals surface area contributed by atoms with Crippen molar-refractivity contribution in [1.82, 2.24) is 0 Å². The molecule has 0 unspecified atom stereocenters. The number of benzene rings is 1. The molecule has 0 spiro atoms. The molecule has 3 nitrogen and oxygen atoms in total. The molecule has 0 atom stereocenters. The van der Waals surface area contributed by atoms with Crippen molar-refractivity contribution in [3.05, 3.63) is 28.8 Å². The number of nitrogen functional groups attached to an aromatic ring is 1. The maximum atomic E-state index is 7.52. The molecule has 3 N–H and O–H groups in total. The van der Waals surface area contributed by atoms with Crippen molar-refractivity contribution >= 4 is 23.1 Å². The van der Waals surface area contributed by atoms with Gasteiger partial charge in [0.05, 0.1) is 0 Å². The van der Waals surface area contributed by atoms with Crippen molar-refractivity contribution in [3.8, 4) is 0 Å². The van der Waals surface area contributed by atoms with E-state index in [1.54, 1.807) is 6.07 Å². The molecule has 0 bridgehead atoms. The van der Waals surface area contributed by atoms with Crippen LogP contribution in [0.4, 0.5) is 5.69 Å². The summed E-state index contributed by atoms with van der Waals surface area (Å²) in [6.07, 6.45) is 2.44. The van der Waals surface area contributed by atoms with Gasteiger partial charge in [0.2, 0.25) is 0 Å². The molecule has 4 heteroatoms. The summed E-state index contributed by atoms with van der Waals surface area (Å²) < 4.78 is 0. The Kier molecular flexibility index (Phi) is 2.57. The third kappa shape index (κ3) is 2.07. The molecule has 0 heterocycles. The summed E-state index contributed by atoms with van der Waals surface area (Å²) in [7, 11) is 2.04. The van der Waals surface area contributed by atoms with Crippen LogP contribution in [0.3, 0.4) is 0 Å². The van der Waals surface area contributed by atoms with Gasteiger partial charge in [-0.15, -0.1) is 0 Å². The number of anilines is 1. The predicted octanol–water partition coefficient (Wildman–Crippen LogP) is 2.22. The molecular formula is C11H14ClN3. The summed E-state index contributed by atoms with van der Waals surface area (Å²) in [4.78, 5) is 2.17. The summed E-state index contributed by atoms with van der Waals surface area (Å²) in [6.45, 7) is 0. The maximum Gasteiger partial charge on any atom is 0.124 e. The van der Waals surface area contributed by atoms with Gasteiger partial charge >= 0.3 is 0 Å². The highest BCUT2D eigenvalue weighted by molar-refractivity contribution is 6.31. The minimum Gasteiger partial charge on any atom is -0.384 e. The molecule has 0 saturated heterocycles. The first-order chi connectivity index (χ1) is 7.09. The van der Waals surface area contributed by atoms with Crippen LogP contribution in [-0.2, 0) is 0 Å². The van der Waals surface area contributed by atoms with E-state index in [0.717, 1.165) is 11.3 Å². The lowest BCUT2D eigenvalue weighted by Gasteiger charge is -2.21. The summed E-state index contributed by atoms with van der Waals surface area (Å²) in [5, 5.41) is 8.14. The maximum absolute atomic E-state index is 7.52. The highest BCUT2D eigenvalue weighted by Crippen LogP contribution is 2.33. The molecule has 1 aliphatic carbocycles. The number of amidine groups is 1. The van der Waals surface area contributed by atoms with Gasteiger partial charge in [-0.2, -0.15) is 0 Å². The van der Waals surface area contributed by atoms with Crippen molar-refractivity contribution < 1.29 is 0 Å². The van der Waals surface area contributed by atoms with E-state index < -0.39 is 0 Å². The Labute approximate surface area is 94.3 Å². The van der Waals surface area contributed by atoms with Crippen LogP contribution < -0.4 is 10.6 Å². The van der Waals surface area contributed by atoms with E-state index in [1.807, 2.05) is 19.2 Å². The SMILES string of the molecule is CN(c1ccc(Cl)cc1C(=N)N)C1CC1. The van der Waals surface area contributed by atoms with Crippen LogP contribution in [0.1, 0.15) is 18.4 Å². The van der Waals surface area contributed by atoms with Gasteiger partial charge < -0.3 is 10.6 Å². The Balaban J connectivity index is 2.40. The first-order valence-corrected chi connectivity index (χ1v) is 5.34. The van der Waals surface area contributed by atoms with E-state index in [4.69, 9.17) is 22.7 Å². The Bertz CT molecular complexity index is 399. The molecule has 1 aromatic rings. The van der Waals surface area contributed by atoms with E-state index >= 15 is 0 Å². The first-order valence-electron chi connectivity index (χ1n) is 4.96. The standard InChI is InChI=1S/C11H14ClN3/c1-15(8-3-4-8)10-5-2-7(12)6-9(10)11(13)14/h2,5-6,8H,3-4H2,1H3,(H3,13,14). The predicted molar refractivity (Wildman–Crippen MR) is 63.9 cm³/mol. The number of nitrogens with one attached hydrogen (secondary N) is 1. The molecule has 1 fully saturated rings. The number of nitrogens with zero attached hydrogens (tertiary/aromatic N) is 1. The van der Waals surface area contributed by atoms with E-state index in [9.17, 15) is 0 Å². The second-order valence-corrected chi connectivity index (χ2v) is 4.35. The zero-order valence-corrected chi connectivity index (χ0v) is 9.38. The van der Waals surface area contributed by atoms with Crippen LogP contribution in [0.2, 0.25) is 5.02 Å². The van der Waals surface area contributed by atoms with E-state index in [1.165, 1.54) is 12.8 Å². The second kappa shape index (κ2) is 3.74. The van der Waals surface area contributed by atoms with E-state index in [0.29, 0.717) is 11.1 Å². The van der Waals surface area contributed by atoms with Crippen molar-refractivity contribution in [2.75, 3.05) is 11.9 Å². The van der Waals surface area contributed by atoms with Gasteiger partial charge in [0, 0.05) is 29.4 Å². The molecule has 2 rings (SSSR count). The monoisotopic (exact) mass is 223 g/mol. The molecule has 1 saturated carbocycles. The van der Waals surface area contributed by atoms with Gasteiger partial charge in [0.25, 0.3) is 0 Å². The molecule has 0 aromatic heterocycles. The first kappa shape index (κ1) is 10.3. The molecule has 80 valence electrons. The Morgan fingerprint density at radius 3 is 2.73 bits per heavy atom. The lowest BCUT2D eigenvalue weighted by molar-refractivity contribution is 0.915. The third-order valence-corrected chi connectivity index (χ3v) is 2.96. The zero-order valence-electron chi connectivity index (χ0n) is 8.63. The number of hydrogen-bond acceptors (Lipinski definition) is 2. The fraction of sp³-hybridized carbons (Fsp3) is 0.364. The van der Waals surface area contributed by atoms with Crippen LogP contribution in [0.25, 0.3) is 0 Å². The highest BCUT2D eigenvalue weighted by atomic mass is 35.5. The van der Waals surface area contributed by atoms with Gasteiger partial charge in [-0.1, -0.05) is 11.6 Å². The Morgan fingerprint density at radius 1 is 1.53 bits per heavy atom. The molecule has 1 aromatic carbocycles. The summed E-state index contributed by atoms with van der Waals surface area (Å²) in [6, 6.07) is 6.11. The van der Waals surface area contributed by atoms with E-state index in [-0.39, 0.29) is 5.84 Å². The lowest BCUT2D eigenvalue weighted by atomic mass is 10.1. The van der Waals surface area contributed by atoms with Gasteiger partial charge in [0.15, 0.2) is 0 Å². The van der Waals surface area contributed by atoms with Gasteiger partial charge in [-0.3, -0.25) is 5.41 Å². The van der Waals surface area contributed by atoms with Crippen LogP contribution in [-0.4, -0.2) is 18.9 Å². The van der Waals surface area contributed by atoms with Crippen LogP contribution in [0.15, 0.2) is 18.2 Å². The Morgan fingerprint density at radius 2 is 2.20 bits per heavy atom. The van der Waals surface area contributed by atoms with Gasteiger partial charge in [0.1, 0.15) is 5.84 Å². The molecule has 0 aliphatic heterocycles. The fourth-order valence-corrected chi connectivity index (χ4v) is 1.86. The third-order valence-electron chi connectivity index (χ3n) is 2.72. The number of rotatable bonds is 3. The number of halogens is 1. The quantitative estimate of drug-likeness (QED) is 0.610. The number of nitrogens with two attached hydrogens (primary N) is 1. The number of hydrogen-bond donors (Lipinski definition) is 2. The summed E-state index contributed by atoms with van der Waals surface area (Å²) in [5.41, 5.74) is 7.25. The minimum absolute atomic E-state index is 0.0694. The molecule has 0 radical (unpaired) electrons. The average molecular weight is 224 g/mol. The normalized spacial score (nSPS) is 15.1. The lowest BCUT2D eigenvalue weighted by Crippen LogP contribution is -2.24. The molecular weight excluding hydrogens is 210 g/mol. The molecule has 1 aliphatic rings. The smallest absolute Gasteiger partial charge is 0.124 e. The second-order valence-electron chi connectivity index (χ2n) is 3.92. The fourth-order valence-electron chi connectivity index (χ4n) is 1.69. The Hall–Kier alpha value is -1.22. The molecule has 0 amide bonds. The molecule has 15 heavy (non-hydrogen) atoms. The summed E-state index contributed by atoms with van der Waals surface area (Å²) in [5.74, 6) is 0.0694. The highest BCUT2D eigenvalue weighted by Gasteiger charge is 2.27. The van der Waals surface area contributed by atoms with Crippen LogP contribution in [0, 0.1) is 5.41 Å². The van der Waals surface area contributed by atoms with Crippen molar-refractivity contribution in [1.29, 1.82) is 5.41 Å². The van der Waals surface area contributed by atoms with Crippen molar-refractivity contribution in [2.24, 2.45) is 5.73 Å². The van der Waals surface area contributed by atoms with Crippen molar-refractivity contribution in [3.63, 3.8) is 0 Å². The van der Waals surface area contributed by atoms with Crippen molar-refractivity contribution in [2.45, 2.75) is 18.9 Å². The topological polar surface area (TPSA) is 53.1 Å². The minimum atomic E-state index is 0.0694. The van der Waals surface area contributed by atoms with Gasteiger partial charge in [-0.25, -0.2) is 0 Å². The average Bonchev–Trinajstić information content (AvgIpc) is 2.99. The zero-order chi connectivity index (χ0) is 11.0. The van der Waals surface area contributed by atoms with Gasteiger partial charge in [-0.05, 0) is 31.0 Å². The van der Waals surface area contributed by atoms with Crippen LogP contribution in [0.5, 0.6) is 0 Å².